The molecule has 31 heavy (non-hydrogen) atoms. The Morgan fingerprint density at radius 3 is 2.71 bits per heavy atom. The van der Waals surface area contributed by atoms with E-state index < -0.39 is 5.25 Å². The first-order valence-corrected chi connectivity index (χ1v) is 11.7. The summed E-state index contributed by atoms with van der Waals surface area (Å²) < 4.78 is 6.90. The summed E-state index contributed by atoms with van der Waals surface area (Å²) in [5, 5.41) is 3.67. The quantitative estimate of drug-likeness (QED) is 0.320. The predicted octanol–water partition coefficient (Wildman–Crippen LogP) is 4.84. The molecule has 3 aromatic heterocycles. The van der Waals surface area contributed by atoms with Crippen molar-refractivity contribution in [1.29, 1.82) is 0 Å². The Morgan fingerprint density at radius 1 is 1.26 bits per heavy atom. The van der Waals surface area contributed by atoms with Crippen LogP contribution in [0, 0.1) is 6.92 Å². The van der Waals surface area contributed by atoms with Crippen LogP contribution >= 0.6 is 23.1 Å². The lowest BCUT2D eigenvalue weighted by Crippen LogP contribution is -2.31. The number of benzene rings is 1. The Balaban J connectivity index is 1.64. The lowest BCUT2D eigenvalue weighted by atomic mass is 10.1. The van der Waals surface area contributed by atoms with E-state index in [9.17, 15) is 9.59 Å². The van der Waals surface area contributed by atoms with Gasteiger partial charge >= 0.3 is 0 Å². The highest BCUT2D eigenvalue weighted by Crippen LogP contribution is 2.36. The average molecular weight is 454 g/mol. The molecule has 1 atom stereocenters. The Hall–Kier alpha value is -2.84. The Labute approximate surface area is 188 Å². The van der Waals surface area contributed by atoms with Crippen LogP contribution in [0.25, 0.3) is 20.7 Å². The number of aryl methyl sites for hydroxylation is 1. The Morgan fingerprint density at radius 2 is 2.03 bits per heavy atom. The van der Waals surface area contributed by atoms with Gasteiger partial charge in [-0.15, -0.1) is 11.3 Å². The van der Waals surface area contributed by atoms with E-state index in [2.05, 4.69) is 5.32 Å². The molecule has 0 spiro atoms. The number of rotatable bonds is 7. The first-order chi connectivity index (χ1) is 15.0. The standard InChI is InChI=1S/C23H23N3O3S2/c1-4-26-22(28)18-14(2)19(16-9-6-5-7-10-16)31-21(18)25-23(26)30-15(3)20(27)24-13-17-11-8-12-29-17/h5-12,15H,4,13H2,1-3H3,(H,24,27)/t15-/m0/s1. The maximum absolute atomic E-state index is 13.3. The van der Waals surface area contributed by atoms with Crippen molar-refractivity contribution in [3.05, 3.63) is 70.4 Å². The highest BCUT2D eigenvalue weighted by atomic mass is 32.2. The molecule has 0 saturated heterocycles. The maximum Gasteiger partial charge on any atom is 0.263 e. The van der Waals surface area contributed by atoms with E-state index in [1.165, 1.54) is 23.1 Å². The largest absolute Gasteiger partial charge is 0.467 e. The van der Waals surface area contributed by atoms with Crippen LogP contribution in [0.4, 0.5) is 0 Å². The first kappa shape index (κ1) is 21.4. The molecule has 1 N–H and O–H groups in total. The van der Waals surface area contributed by atoms with Crippen LogP contribution in [0.15, 0.2) is 63.1 Å². The predicted molar refractivity (Wildman–Crippen MR) is 126 cm³/mol. The summed E-state index contributed by atoms with van der Waals surface area (Å²) in [5.41, 5.74) is 1.96. The minimum atomic E-state index is -0.410. The number of furan rings is 1. The fraction of sp³-hybridized carbons (Fsp3) is 0.261. The molecule has 0 fully saturated rings. The molecule has 4 aromatic rings. The molecule has 4 rings (SSSR count). The third kappa shape index (κ3) is 4.31. The smallest absolute Gasteiger partial charge is 0.263 e. The SMILES string of the molecule is CCn1c(S[C@@H](C)C(=O)NCc2ccco2)nc2sc(-c3ccccc3)c(C)c2c1=O. The van der Waals surface area contributed by atoms with Crippen LogP contribution in [0.2, 0.25) is 0 Å². The van der Waals surface area contributed by atoms with Gasteiger partial charge in [0.25, 0.3) is 5.56 Å². The molecule has 3 heterocycles. The average Bonchev–Trinajstić information content (AvgIpc) is 3.41. The number of nitrogens with zero attached hydrogens (tertiary/aromatic N) is 2. The van der Waals surface area contributed by atoms with Crippen LogP contribution in [0.1, 0.15) is 25.2 Å². The molecule has 0 aliphatic rings. The Kier molecular flexibility index (Phi) is 6.29. The van der Waals surface area contributed by atoms with E-state index in [1.807, 2.05) is 57.2 Å². The fourth-order valence-corrected chi connectivity index (χ4v) is 5.60. The van der Waals surface area contributed by atoms with Gasteiger partial charge in [0.15, 0.2) is 5.16 Å². The van der Waals surface area contributed by atoms with Gasteiger partial charge in [-0.05, 0) is 44.0 Å². The van der Waals surface area contributed by atoms with Crippen molar-refractivity contribution in [2.45, 2.75) is 44.3 Å². The molecular formula is C23H23N3O3S2. The molecule has 0 aliphatic carbocycles. The topological polar surface area (TPSA) is 77.1 Å². The summed E-state index contributed by atoms with van der Waals surface area (Å²) in [6.07, 6.45) is 1.57. The third-order valence-electron chi connectivity index (χ3n) is 5.04. The highest BCUT2D eigenvalue weighted by molar-refractivity contribution is 8.00. The molecular weight excluding hydrogens is 430 g/mol. The number of amides is 1. The highest BCUT2D eigenvalue weighted by Gasteiger charge is 2.22. The first-order valence-electron chi connectivity index (χ1n) is 10.1. The van der Waals surface area contributed by atoms with Crippen molar-refractivity contribution in [2.75, 3.05) is 0 Å². The van der Waals surface area contributed by atoms with Gasteiger partial charge in [-0.2, -0.15) is 0 Å². The lowest BCUT2D eigenvalue weighted by molar-refractivity contribution is -0.120. The van der Waals surface area contributed by atoms with Crippen molar-refractivity contribution < 1.29 is 9.21 Å². The van der Waals surface area contributed by atoms with E-state index in [1.54, 1.807) is 16.9 Å². The summed E-state index contributed by atoms with van der Waals surface area (Å²) in [4.78, 5) is 32.4. The zero-order valence-electron chi connectivity index (χ0n) is 17.5. The molecule has 6 nitrogen and oxygen atoms in total. The van der Waals surface area contributed by atoms with Crippen LogP contribution in [-0.2, 0) is 17.9 Å². The molecule has 160 valence electrons. The van der Waals surface area contributed by atoms with Gasteiger partial charge in [-0.25, -0.2) is 4.98 Å². The van der Waals surface area contributed by atoms with Crippen molar-refractivity contribution in [3.63, 3.8) is 0 Å². The number of carbonyl (C=O) groups is 1. The van der Waals surface area contributed by atoms with E-state index in [0.29, 0.717) is 34.2 Å². The number of hydrogen-bond acceptors (Lipinski definition) is 6. The van der Waals surface area contributed by atoms with Crippen LogP contribution < -0.4 is 10.9 Å². The number of fused-ring (bicyclic) bond motifs is 1. The fourth-order valence-electron chi connectivity index (χ4n) is 3.37. The zero-order valence-corrected chi connectivity index (χ0v) is 19.2. The zero-order chi connectivity index (χ0) is 22.0. The normalized spacial score (nSPS) is 12.2. The second-order valence-corrected chi connectivity index (χ2v) is 9.41. The van der Waals surface area contributed by atoms with Gasteiger partial charge in [-0.1, -0.05) is 42.1 Å². The molecule has 0 radical (unpaired) electrons. The number of aromatic nitrogens is 2. The minimum absolute atomic E-state index is 0.0610. The Bertz CT molecular complexity index is 1260. The van der Waals surface area contributed by atoms with E-state index in [4.69, 9.17) is 9.40 Å². The second-order valence-electron chi connectivity index (χ2n) is 7.10. The number of thiophene rings is 1. The van der Waals surface area contributed by atoms with E-state index in [0.717, 1.165) is 16.0 Å². The van der Waals surface area contributed by atoms with Gasteiger partial charge in [0.2, 0.25) is 5.91 Å². The van der Waals surface area contributed by atoms with Gasteiger partial charge in [0.1, 0.15) is 10.6 Å². The molecule has 8 heteroatoms. The summed E-state index contributed by atoms with van der Waals surface area (Å²) in [6, 6.07) is 13.6. The lowest BCUT2D eigenvalue weighted by Gasteiger charge is -2.14. The summed E-state index contributed by atoms with van der Waals surface area (Å²) in [7, 11) is 0. The number of carbonyl (C=O) groups excluding carboxylic acids is 1. The van der Waals surface area contributed by atoms with Gasteiger partial charge in [0, 0.05) is 11.4 Å². The van der Waals surface area contributed by atoms with E-state index in [-0.39, 0.29) is 11.5 Å². The maximum atomic E-state index is 13.3. The summed E-state index contributed by atoms with van der Waals surface area (Å²) in [6.45, 7) is 6.52. The number of hydrogen-bond donors (Lipinski definition) is 1. The van der Waals surface area contributed by atoms with Crippen LogP contribution in [-0.4, -0.2) is 20.7 Å². The third-order valence-corrected chi connectivity index (χ3v) is 7.36. The molecule has 1 amide bonds. The van der Waals surface area contributed by atoms with Crippen molar-refractivity contribution in [3.8, 4) is 10.4 Å². The monoisotopic (exact) mass is 453 g/mol. The van der Waals surface area contributed by atoms with Gasteiger partial charge in [-0.3, -0.25) is 14.2 Å². The molecule has 0 unspecified atom stereocenters. The van der Waals surface area contributed by atoms with Crippen molar-refractivity contribution in [2.24, 2.45) is 0 Å². The molecule has 0 saturated carbocycles. The van der Waals surface area contributed by atoms with Crippen LogP contribution in [0.5, 0.6) is 0 Å². The minimum Gasteiger partial charge on any atom is -0.467 e. The van der Waals surface area contributed by atoms with Gasteiger partial charge in [0.05, 0.1) is 23.4 Å². The van der Waals surface area contributed by atoms with Crippen molar-refractivity contribution in [1.82, 2.24) is 14.9 Å². The number of thioether (sulfide) groups is 1. The second kappa shape index (κ2) is 9.11. The molecule has 1 aromatic carbocycles. The van der Waals surface area contributed by atoms with Crippen molar-refractivity contribution >= 4 is 39.2 Å². The molecule has 0 aliphatic heterocycles. The summed E-state index contributed by atoms with van der Waals surface area (Å²) in [5.74, 6) is 0.559. The van der Waals surface area contributed by atoms with E-state index >= 15 is 0 Å². The molecule has 0 bridgehead atoms. The van der Waals surface area contributed by atoms with Gasteiger partial charge < -0.3 is 9.73 Å². The number of nitrogens with one attached hydrogen (secondary N) is 1. The summed E-state index contributed by atoms with van der Waals surface area (Å²) >= 11 is 2.81. The van der Waals surface area contributed by atoms with Crippen LogP contribution in [0.3, 0.4) is 0 Å².